The molecule has 1 aliphatic carbocycles. The second-order valence-electron chi connectivity index (χ2n) is 4.57. The van der Waals surface area contributed by atoms with Gasteiger partial charge in [0.25, 0.3) is 0 Å². The van der Waals surface area contributed by atoms with Crippen LogP contribution in [0.5, 0.6) is 0 Å². The van der Waals surface area contributed by atoms with E-state index in [1.807, 2.05) is 17.5 Å². The smallest absolute Gasteiger partial charge is 0.185 e. The molecule has 1 saturated carbocycles. The van der Waals surface area contributed by atoms with Crippen molar-refractivity contribution in [2.75, 3.05) is 25.0 Å². The first-order chi connectivity index (χ1) is 7.79. The summed E-state index contributed by atoms with van der Waals surface area (Å²) in [7, 11) is 2.16. The van der Waals surface area contributed by atoms with Crippen LogP contribution in [-0.2, 0) is 6.54 Å². The molecular weight excluding hydrogens is 218 g/mol. The Morgan fingerprint density at radius 1 is 1.56 bits per heavy atom. The van der Waals surface area contributed by atoms with Crippen LogP contribution in [0.3, 0.4) is 0 Å². The highest BCUT2D eigenvalue weighted by molar-refractivity contribution is 7.15. The fourth-order valence-electron chi connectivity index (χ4n) is 1.94. The number of nitrogens with zero attached hydrogens (tertiary/aromatic N) is 2. The van der Waals surface area contributed by atoms with Gasteiger partial charge in [-0.2, -0.15) is 0 Å². The van der Waals surface area contributed by atoms with Crippen molar-refractivity contribution in [1.29, 1.82) is 0 Å². The van der Waals surface area contributed by atoms with Crippen molar-refractivity contribution in [3.8, 4) is 0 Å². The molecule has 0 amide bonds. The van der Waals surface area contributed by atoms with Gasteiger partial charge in [0.05, 0.1) is 0 Å². The molecule has 2 rings (SSSR count). The molecule has 0 unspecified atom stereocenters. The molecular formula is C12H21N3S. The SMILES string of the molecule is CCNCc1cnc(N(C)CC2CCC2)s1. The first-order valence-electron chi connectivity index (χ1n) is 6.16. The first kappa shape index (κ1) is 11.9. The minimum Gasteiger partial charge on any atom is -0.351 e. The third-order valence-corrected chi connectivity index (χ3v) is 4.29. The van der Waals surface area contributed by atoms with Gasteiger partial charge in [0, 0.05) is 31.2 Å². The van der Waals surface area contributed by atoms with Gasteiger partial charge in [0.2, 0.25) is 0 Å². The summed E-state index contributed by atoms with van der Waals surface area (Å²) in [6.45, 7) is 5.27. The van der Waals surface area contributed by atoms with Crippen LogP contribution in [0, 0.1) is 5.92 Å². The topological polar surface area (TPSA) is 28.2 Å². The molecule has 1 aromatic rings. The van der Waals surface area contributed by atoms with Crippen LogP contribution < -0.4 is 10.2 Å². The van der Waals surface area contributed by atoms with Crippen LogP contribution in [0.4, 0.5) is 5.13 Å². The summed E-state index contributed by atoms with van der Waals surface area (Å²) in [5, 5.41) is 4.50. The van der Waals surface area contributed by atoms with E-state index in [1.165, 1.54) is 35.8 Å². The molecule has 1 aromatic heterocycles. The lowest BCUT2D eigenvalue weighted by Gasteiger charge is -2.29. The average molecular weight is 239 g/mol. The maximum absolute atomic E-state index is 4.48. The molecule has 0 aromatic carbocycles. The number of hydrogen-bond donors (Lipinski definition) is 1. The molecule has 0 radical (unpaired) electrons. The summed E-state index contributed by atoms with van der Waals surface area (Å²) in [6, 6.07) is 0. The van der Waals surface area contributed by atoms with E-state index in [2.05, 4.69) is 29.2 Å². The minimum atomic E-state index is 0.908. The average Bonchev–Trinajstić information content (AvgIpc) is 2.69. The van der Waals surface area contributed by atoms with E-state index in [-0.39, 0.29) is 0 Å². The Bertz CT molecular complexity index is 320. The Labute approximate surface area is 102 Å². The molecule has 0 spiro atoms. The van der Waals surface area contributed by atoms with Gasteiger partial charge in [-0.25, -0.2) is 4.98 Å². The molecule has 90 valence electrons. The van der Waals surface area contributed by atoms with Crippen molar-refractivity contribution in [3.05, 3.63) is 11.1 Å². The van der Waals surface area contributed by atoms with Gasteiger partial charge in [-0.3, -0.25) is 0 Å². The van der Waals surface area contributed by atoms with E-state index in [1.54, 1.807) is 0 Å². The Morgan fingerprint density at radius 2 is 2.38 bits per heavy atom. The van der Waals surface area contributed by atoms with Crippen molar-refractivity contribution in [1.82, 2.24) is 10.3 Å². The van der Waals surface area contributed by atoms with Gasteiger partial charge >= 0.3 is 0 Å². The van der Waals surface area contributed by atoms with Crippen LogP contribution in [-0.4, -0.2) is 25.1 Å². The molecule has 0 bridgehead atoms. The van der Waals surface area contributed by atoms with Crippen LogP contribution in [0.1, 0.15) is 31.1 Å². The molecule has 3 nitrogen and oxygen atoms in total. The third kappa shape index (κ3) is 2.95. The summed E-state index contributed by atoms with van der Waals surface area (Å²) in [5.74, 6) is 0.908. The first-order valence-corrected chi connectivity index (χ1v) is 6.97. The predicted molar refractivity (Wildman–Crippen MR) is 70.1 cm³/mol. The fourth-order valence-corrected chi connectivity index (χ4v) is 2.79. The highest BCUT2D eigenvalue weighted by Gasteiger charge is 2.20. The number of aromatic nitrogens is 1. The zero-order valence-electron chi connectivity index (χ0n) is 10.2. The monoisotopic (exact) mass is 239 g/mol. The standard InChI is InChI=1S/C12H21N3S/c1-3-13-7-11-8-14-12(16-11)15(2)9-10-5-4-6-10/h8,10,13H,3-7,9H2,1-2H3. The lowest BCUT2D eigenvalue weighted by Crippen LogP contribution is -2.29. The lowest BCUT2D eigenvalue weighted by molar-refractivity contribution is 0.321. The molecule has 16 heavy (non-hydrogen) atoms. The third-order valence-electron chi connectivity index (χ3n) is 3.17. The lowest BCUT2D eigenvalue weighted by atomic mass is 9.85. The molecule has 0 aliphatic heterocycles. The van der Waals surface area contributed by atoms with E-state index >= 15 is 0 Å². The van der Waals surface area contributed by atoms with Crippen molar-refractivity contribution in [3.63, 3.8) is 0 Å². The van der Waals surface area contributed by atoms with Crippen molar-refractivity contribution in [2.24, 2.45) is 5.92 Å². The van der Waals surface area contributed by atoms with Gasteiger partial charge in [-0.05, 0) is 25.3 Å². The summed E-state index contributed by atoms with van der Waals surface area (Å²) in [6.07, 6.45) is 6.22. The molecule has 1 fully saturated rings. The predicted octanol–water partition coefficient (Wildman–Crippen LogP) is 2.49. The van der Waals surface area contributed by atoms with Gasteiger partial charge < -0.3 is 10.2 Å². The van der Waals surface area contributed by atoms with E-state index in [4.69, 9.17) is 0 Å². The number of hydrogen-bond acceptors (Lipinski definition) is 4. The molecule has 4 heteroatoms. The van der Waals surface area contributed by atoms with Crippen LogP contribution in [0.2, 0.25) is 0 Å². The van der Waals surface area contributed by atoms with Gasteiger partial charge in [-0.1, -0.05) is 13.3 Å². The van der Waals surface area contributed by atoms with Crippen molar-refractivity contribution < 1.29 is 0 Å². The summed E-state index contributed by atoms with van der Waals surface area (Å²) in [5.41, 5.74) is 0. The maximum Gasteiger partial charge on any atom is 0.185 e. The van der Waals surface area contributed by atoms with Gasteiger partial charge in [0.1, 0.15) is 0 Å². The van der Waals surface area contributed by atoms with Gasteiger partial charge in [-0.15, -0.1) is 11.3 Å². The zero-order chi connectivity index (χ0) is 11.4. The molecule has 1 N–H and O–H groups in total. The largest absolute Gasteiger partial charge is 0.351 e. The molecule has 1 aliphatic rings. The van der Waals surface area contributed by atoms with E-state index < -0.39 is 0 Å². The Kier molecular flexibility index (Phi) is 4.18. The number of thiazole rings is 1. The van der Waals surface area contributed by atoms with E-state index in [0.717, 1.165) is 19.0 Å². The molecule has 1 heterocycles. The fraction of sp³-hybridized carbons (Fsp3) is 0.750. The maximum atomic E-state index is 4.48. The van der Waals surface area contributed by atoms with Crippen molar-refractivity contribution >= 4 is 16.5 Å². The quantitative estimate of drug-likeness (QED) is 0.826. The second-order valence-corrected chi connectivity index (χ2v) is 5.66. The Hall–Kier alpha value is -0.610. The second kappa shape index (κ2) is 5.64. The van der Waals surface area contributed by atoms with Crippen molar-refractivity contribution in [2.45, 2.75) is 32.7 Å². The van der Waals surface area contributed by atoms with E-state index in [0.29, 0.717) is 0 Å². The summed E-state index contributed by atoms with van der Waals surface area (Å²) < 4.78 is 0. The van der Waals surface area contributed by atoms with Gasteiger partial charge in [0.15, 0.2) is 5.13 Å². The van der Waals surface area contributed by atoms with Crippen LogP contribution in [0.15, 0.2) is 6.20 Å². The molecule has 0 saturated heterocycles. The number of anilines is 1. The highest BCUT2D eigenvalue weighted by Crippen LogP contribution is 2.29. The van der Waals surface area contributed by atoms with Crippen LogP contribution >= 0.6 is 11.3 Å². The van der Waals surface area contributed by atoms with Crippen LogP contribution in [0.25, 0.3) is 0 Å². The summed E-state index contributed by atoms with van der Waals surface area (Å²) in [4.78, 5) is 8.13. The zero-order valence-corrected chi connectivity index (χ0v) is 11.0. The van der Waals surface area contributed by atoms with E-state index in [9.17, 15) is 0 Å². The Morgan fingerprint density at radius 3 is 3.00 bits per heavy atom. The number of nitrogens with one attached hydrogen (secondary N) is 1. The number of rotatable bonds is 6. The Balaban J connectivity index is 1.84. The highest BCUT2D eigenvalue weighted by atomic mass is 32.1. The minimum absolute atomic E-state index is 0.908. The normalized spacial score (nSPS) is 16.1. The summed E-state index contributed by atoms with van der Waals surface area (Å²) >= 11 is 1.81. The molecule has 0 atom stereocenters.